The molecule has 0 bridgehead atoms. The van der Waals surface area contributed by atoms with Gasteiger partial charge < -0.3 is 5.32 Å². The predicted molar refractivity (Wildman–Crippen MR) is 75.6 cm³/mol. The minimum atomic E-state index is -4.48. The lowest BCUT2D eigenvalue weighted by Crippen LogP contribution is -2.05. The Morgan fingerprint density at radius 2 is 1.86 bits per heavy atom. The van der Waals surface area contributed by atoms with Crippen LogP contribution in [0, 0.1) is 18.3 Å². The molecule has 2 rings (SSSR count). The Morgan fingerprint density at radius 1 is 1.14 bits per heavy atom. The first kappa shape index (κ1) is 15.2. The highest BCUT2D eigenvalue weighted by molar-refractivity contribution is 6.31. The molecule has 108 valence electrons. The fraction of sp³-hybridized carbons (Fsp3) is 0.133. The maximum absolute atomic E-state index is 12.8. The molecule has 2 aromatic carbocycles. The van der Waals surface area contributed by atoms with Crippen molar-refractivity contribution in [3.8, 4) is 6.07 Å². The van der Waals surface area contributed by atoms with Gasteiger partial charge in [-0.25, -0.2) is 0 Å². The van der Waals surface area contributed by atoms with E-state index in [9.17, 15) is 13.2 Å². The first-order chi connectivity index (χ1) is 9.79. The van der Waals surface area contributed by atoms with Crippen LogP contribution in [0.25, 0.3) is 0 Å². The number of nitrogens with one attached hydrogen (secondary N) is 1. The maximum Gasteiger partial charge on any atom is 0.416 e. The van der Waals surface area contributed by atoms with Crippen LogP contribution in [-0.2, 0) is 6.18 Å². The summed E-state index contributed by atoms with van der Waals surface area (Å²) in [5.74, 6) is 0. The summed E-state index contributed by atoms with van der Waals surface area (Å²) in [6.45, 7) is 1.82. The van der Waals surface area contributed by atoms with Crippen LogP contribution in [0.5, 0.6) is 0 Å². The minimum absolute atomic E-state index is 0.0292. The molecular weight excluding hydrogens is 301 g/mol. The molecule has 0 aromatic heterocycles. The molecular formula is C15H10ClF3N2. The van der Waals surface area contributed by atoms with Crippen molar-refractivity contribution in [2.24, 2.45) is 0 Å². The van der Waals surface area contributed by atoms with E-state index in [0.717, 1.165) is 17.7 Å². The van der Waals surface area contributed by atoms with E-state index < -0.39 is 11.7 Å². The van der Waals surface area contributed by atoms with E-state index in [1.807, 2.05) is 13.0 Å². The Hall–Kier alpha value is -2.19. The SMILES string of the molecule is Cc1ccc(C#N)c(Nc2cc(Cl)cc(C(F)(F)F)c2)c1. The van der Waals surface area contributed by atoms with Crippen molar-refractivity contribution in [3.05, 3.63) is 58.1 Å². The van der Waals surface area contributed by atoms with E-state index in [-0.39, 0.29) is 10.7 Å². The number of hydrogen-bond acceptors (Lipinski definition) is 2. The number of hydrogen-bond donors (Lipinski definition) is 1. The molecule has 0 heterocycles. The second-order valence-electron chi connectivity index (χ2n) is 4.51. The summed E-state index contributed by atoms with van der Waals surface area (Å²) >= 11 is 5.72. The fourth-order valence-electron chi connectivity index (χ4n) is 1.84. The van der Waals surface area contributed by atoms with Crippen molar-refractivity contribution in [2.75, 3.05) is 5.32 Å². The quantitative estimate of drug-likeness (QED) is 0.819. The largest absolute Gasteiger partial charge is 0.416 e. The highest BCUT2D eigenvalue weighted by Gasteiger charge is 2.31. The van der Waals surface area contributed by atoms with E-state index in [1.54, 1.807) is 18.2 Å². The van der Waals surface area contributed by atoms with Gasteiger partial charge in [-0.05, 0) is 42.8 Å². The molecule has 1 N–H and O–H groups in total. The third-order valence-electron chi connectivity index (χ3n) is 2.80. The average Bonchev–Trinajstić information content (AvgIpc) is 2.37. The molecule has 0 radical (unpaired) electrons. The lowest BCUT2D eigenvalue weighted by atomic mass is 10.1. The van der Waals surface area contributed by atoms with Crippen LogP contribution in [-0.4, -0.2) is 0 Å². The lowest BCUT2D eigenvalue weighted by Gasteiger charge is -2.13. The molecule has 0 aliphatic heterocycles. The van der Waals surface area contributed by atoms with Gasteiger partial charge in [0.1, 0.15) is 6.07 Å². The highest BCUT2D eigenvalue weighted by Crippen LogP contribution is 2.34. The van der Waals surface area contributed by atoms with Crippen LogP contribution < -0.4 is 5.32 Å². The third-order valence-corrected chi connectivity index (χ3v) is 3.02. The number of anilines is 2. The van der Waals surface area contributed by atoms with Crippen molar-refractivity contribution < 1.29 is 13.2 Å². The number of nitrogens with zero attached hydrogens (tertiary/aromatic N) is 1. The summed E-state index contributed by atoms with van der Waals surface area (Å²) in [5.41, 5.74) is 0.997. The molecule has 2 aromatic rings. The molecule has 0 spiro atoms. The van der Waals surface area contributed by atoms with Crippen LogP contribution >= 0.6 is 11.6 Å². The molecule has 0 unspecified atom stereocenters. The molecule has 0 fully saturated rings. The number of rotatable bonds is 2. The molecule has 0 amide bonds. The Kier molecular flexibility index (Phi) is 4.10. The van der Waals surface area contributed by atoms with Gasteiger partial charge in [-0.15, -0.1) is 0 Å². The molecule has 0 aliphatic rings. The number of aryl methyl sites for hydroxylation is 1. The normalized spacial score (nSPS) is 11.0. The van der Waals surface area contributed by atoms with Crippen molar-refractivity contribution >= 4 is 23.0 Å². The van der Waals surface area contributed by atoms with Crippen molar-refractivity contribution in [2.45, 2.75) is 13.1 Å². The maximum atomic E-state index is 12.8. The first-order valence-corrected chi connectivity index (χ1v) is 6.33. The van der Waals surface area contributed by atoms with Gasteiger partial charge in [-0.3, -0.25) is 0 Å². The summed E-state index contributed by atoms with van der Waals surface area (Å²) < 4.78 is 38.3. The average molecular weight is 311 g/mol. The Labute approximate surface area is 124 Å². The van der Waals surface area contributed by atoms with Gasteiger partial charge in [-0.1, -0.05) is 17.7 Å². The van der Waals surface area contributed by atoms with E-state index in [4.69, 9.17) is 16.9 Å². The summed E-state index contributed by atoms with van der Waals surface area (Å²) in [7, 11) is 0. The zero-order chi connectivity index (χ0) is 15.6. The smallest absolute Gasteiger partial charge is 0.354 e. The predicted octanol–water partition coefficient (Wildman–Crippen LogP) is 5.28. The Morgan fingerprint density at radius 3 is 2.48 bits per heavy atom. The standard InChI is InChI=1S/C15H10ClF3N2/c1-9-2-3-10(8-20)14(4-9)21-13-6-11(15(17,18)19)5-12(16)7-13/h2-7,21H,1H3. The van der Waals surface area contributed by atoms with Crippen LogP contribution in [0.1, 0.15) is 16.7 Å². The van der Waals surface area contributed by atoms with Gasteiger partial charge in [0.25, 0.3) is 0 Å². The summed E-state index contributed by atoms with van der Waals surface area (Å²) in [5, 5.41) is 11.8. The zero-order valence-electron chi connectivity index (χ0n) is 10.9. The van der Waals surface area contributed by atoms with Gasteiger partial charge in [-0.2, -0.15) is 18.4 Å². The van der Waals surface area contributed by atoms with Gasteiger partial charge >= 0.3 is 6.18 Å². The third kappa shape index (κ3) is 3.67. The van der Waals surface area contributed by atoms with Crippen molar-refractivity contribution in [1.29, 1.82) is 5.26 Å². The Bertz CT molecular complexity index is 718. The molecule has 0 saturated carbocycles. The number of alkyl halides is 3. The fourth-order valence-corrected chi connectivity index (χ4v) is 2.08. The molecule has 0 aliphatic carbocycles. The number of nitriles is 1. The van der Waals surface area contributed by atoms with Gasteiger partial charge in [0, 0.05) is 10.7 Å². The first-order valence-electron chi connectivity index (χ1n) is 5.95. The van der Waals surface area contributed by atoms with Crippen LogP contribution in [0.15, 0.2) is 36.4 Å². The molecule has 2 nitrogen and oxygen atoms in total. The molecule has 0 saturated heterocycles. The number of halogens is 4. The second kappa shape index (κ2) is 5.66. The molecule has 6 heteroatoms. The van der Waals surface area contributed by atoms with E-state index >= 15 is 0 Å². The van der Waals surface area contributed by atoms with Gasteiger partial charge in [0.05, 0.1) is 16.8 Å². The van der Waals surface area contributed by atoms with E-state index in [1.165, 1.54) is 6.07 Å². The lowest BCUT2D eigenvalue weighted by molar-refractivity contribution is -0.137. The van der Waals surface area contributed by atoms with E-state index in [0.29, 0.717) is 11.3 Å². The minimum Gasteiger partial charge on any atom is -0.354 e. The van der Waals surface area contributed by atoms with Gasteiger partial charge in [0.2, 0.25) is 0 Å². The topological polar surface area (TPSA) is 35.8 Å². The van der Waals surface area contributed by atoms with Crippen molar-refractivity contribution in [1.82, 2.24) is 0 Å². The zero-order valence-corrected chi connectivity index (χ0v) is 11.7. The van der Waals surface area contributed by atoms with Crippen molar-refractivity contribution in [3.63, 3.8) is 0 Å². The molecule has 0 atom stereocenters. The summed E-state index contributed by atoms with van der Waals surface area (Å²) in [6, 6.07) is 10.2. The molecule has 21 heavy (non-hydrogen) atoms. The van der Waals surface area contributed by atoms with Crippen LogP contribution in [0.4, 0.5) is 24.5 Å². The van der Waals surface area contributed by atoms with Crippen LogP contribution in [0.3, 0.4) is 0 Å². The summed E-state index contributed by atoms with van der Waals surface area (Å²) in [6.07, 6.45) is -4.48. The van der Waals surface area contributed by atoms with Gasteiger partial charge in [0.15, 0.2) is 0 Å². The summed E-state index contributed by atoms with van der Waals surface area (Å²) in [4.78, 5) is 0. The van der Waals surface area contributed by atoms with Crippen LogP contribution in [0.2, 0.25) is 5.02 Å². The van der Waals surface area contributed by atoms with E-state index in [2.05, 4.69) is 5.32 Å². The number of benzene rings is 2. The Balaban J connectivity index is 2.43. The monoisotopic (exact) mass is 310 g/mol. The second-order valence-corrected chi connectivity index (χ2v) is 4.95. The highest BCUT2D eigenvalue weighted by atomic mass is 35.5.